The number of rotatable bonds is 4. The van der Waals surface area contributed by atoms with Gasteiger partial charge in [0.05, 0.1) is 39.8 Å². The zero-order valence-corrected chi connectivity index (χ0v) is 23.4. The molecule has 1 atom stereocenters. The molecule has 1 aliphatic carbocycles. The average molecular weight is 575 g/mol. The van der Waals surface area contributed by atoms with Gasteiger partial charge in [-0.05, 0) is 44.0 Å². The second kappa shape index (κ2) is 11.8. The fourth-order valence-corrected chi connectivity index (χ4v) is 5.78. The molecule has 0 saturated carbocycles. The van der Waals surface area contributed by atoms with Gasteiger partial charge in [-0.15, -0.1) is 0 Å². The van der Waals surface area contributed by atoms with Crippen molar-refractivity contribution in [3.05, 3.63) is 107 Å². The van der Waals surface area contributed by atoms with Crippen LogP contribution in [-0.4, -0.2) is 2.78 Å². The Kier molecular flexibility index (Phi) is 8.50. The Bertz CT molecular complexity index is 1430. The molecule has 0 amide bonds. The SMILES string of the molecule is CC.CCC/C=C(/C)C1c2ccccc2N1c1ccccc1.In1c2c(c3ccccc31)=CCC=2. The first-order valence-corrected chi connectivity index (χ1v) is 13.7. The number of hydrogen-bond donors (Lipinski definition) is 0. The molecule has 4 aromatic rings. The van der Waals surface area contributed by atoms with Gasteiger partial charge in [-0.2, -0.15) is 0 Å². The monoisotopic (exact) mass is 574 g/mol. The summed E-state index contributed by atoms with van der Waals surface area (Å²) in [5.41, 5.74) is 6.84. The summed E-state index contributed by atoms with van der Waals surface area (Å²) in [5.74, 6) is 0. The van der Waals surface area contributed by atoms with Gasteiger partial charge in [-0.3, -0.25) is 2.78 Å². The third-order valence-corrected chi connectivity index (χ3v) is 7.54. The Labute approximate surface area is 223 Å². The molecule has 35 heavy (non-hydrogen) atoms. The molecule has 2 heterocycles. The molecule has 0 N–H and O–H groups in total. The van der Waals surface area contributed by atoms with Gasteiger partial charge in [0.1, 0.15) is 0 Å². The van der Waals surface area contributed by atoms with Crippen LogP contribution in [0.1, 0.15) is 58.6 Å². The molecule has 0 saturated heterocycles. The molecule has 0 spiro atoms. The summed E-state index contributed by atoms with van der Waals surface area (Å²) in [6.45, 7) is 8.49. The molecule has 0 radical (unpaired) electrons. The second-order valence-electron chi connectivity index (χ2n) is 8.64. The van der Waals surface area contributed by atoms with Gasteiger partial charge in [-0.1, -0.05) is 106 Å². The van der Waals surface area contributed by atoms with Crippen LogP contribution in [0, 0.1) is 0 Å². The van der Waals surface area contributed by atoms with E-state index in [4.69, 9.17) is 0 Å². The van der Waals surface area contributed by atoms with E-state index in [1.165, 1.54) is 50.4 Å². The van der Waals surface area contributed by atoms with E-state index >= 15 is 0 Å². The topological polar surface area (TPSA) is 8.17 Å². The van der Waals surface area contributed by atoms with Gasteiger partial charge >= 0.3 is 0 Å². The Balaban J connectivity index is 0.000000166. The number of para-hydroxylation sites is 3. The first-order valence-electron chi connectivity index (χ1n) is 12.8. The van der Waals surface area contributed by atoms with E-state index in [0.29, 0.717) is 6.04 Å². The highest BCUT2D eigenvalue weighted by atomic mass is 127. The summed E-state index contributed by atoms with van der Waals surface area (Å²) in [6.07, 6.45) is 10.4. The van der Waals surface area contributed by atoms with Gasteiger partial charge in [-0.25, -0.2) is 0 Å². The minimum Gasteiger partial charge on any atom is -0.330 e. The first-order chi connectivity index (χ1) is 17.2. The molecule has 1 unspecified atom stereocenters. The van der Waals surface area contributed by atoms with Crippen LogP contribution in [0.3, 0.4) is 0 Å². The molecule has 180 valence electrons. The summed E-state index contributed by atoms with van der Waals surface area (Å²) in [4.78, 5) is 2.44. The summed E-state index contributed by atoms with van der Waals surface area (Å²) in [7, 11) is 0. The molecular formula is C32H35IN2. The normalized spacial score (nSPS) is 15.4. The molecule has 6 rings (SSSR count). The minimum atomic E-state index is 0.403. The van der Waals surface area contributed by atoms with Crippen molar-refractivity contribution < 1.29 is 0 Å². The average Bonchev–Trinajstić information content (AvgIpc) is 3.49. The van der Waals surface area contributed by atoms with Crippen molar-refractivity contribution in [2.24, 2.45) is 0 Å². The Morgan fingerprint density at radius 1 is 0.914 bits per heavy atom. The highest BCUT2D eigenvalue weighted by Crippen LogP contribution is 2.51. The third-order valence-electron chi connectivity index (χ3n) is 6.50. The lowest BCUT2D eigenvalue weighted by atomic mass is 9.86. The summed E-state index contributed by atoms with van der Waals surface area (Å²) in [6, 6.07) is 28.4. The quantitative estimate of drug-likeness (QED) is 0.175. The number of allylic oxidation sites excluding steroid dienone is 1. The van der Waals surface area contributed by atoms with Gasteiger partial charge in [0.2, 0.25) is 0 Å². The van der Waals surface area contributed by atoms with Crippen molar-refractivity contribution in [1.82, 2.24) is 2.78 Å². The fraction of sp³-hybridized carbons (Fsp3) is 0.250. The summed E-state index contributed by atoms with van der Waals surface area (Å²) < 4.78 is 2.24. The maximum atomic E-state index is 2.44. The number of hydrogen-bond acceptors (Lipinski definition) is 1. The van der Waals surface area contributed by atoms with Crippen molar-refractivity contribution in [2.45, 2.75) is 53.0 Å². The van der Waals surface area contributed by atoms with Crippen molar-refractivity contribution >= 4 is 57.3 Å². The molecule has 3 heteroatoms. The lowest BCUT2D eigenvalue weighted by Gasteiger charge is -2.45. The van der Waals surface area contributed by atoms with Crippen LogP contribution in [0.5, 0.6) is 0 Å². The number of fused-ring (bicyclic) bond motifs is 4. The van der Waals surface area contributed by atoms with Crippen LogP contribution in [0.25, 0.3) is 23.1 Å². The molecule has 3 aromatic carbocycles. The zero-order chi connectivity index (χ0) is 24.8. The molecule has 0 bridgehead atoms. The minimum absolute atomic E-state index is 0.403. The van der Waals surface area contributed by atoms with E-state index in [1.807, 2.05) is 13.8 Å². The van der Waals surface area contributed by atoms with E-state index < -0.39 is 0 Å². The Hall–Kier alpha value is -2.79. The maximum Gasteiger partial charge on any atom is 0.0822 e. The lowest BCUT2D eigenvalue weighted by molar-refractivity contribution is 0.723. The predicted octanol–water partition coefficient (Wildman–Crippen LogP) is 8.46. The molecule has 1 aliphatic heterocycles. The number of anilines is 2. The van der Waals surface area contributed by atoms with E-state index in [2.05, 4.69) is 141 Å². The molecule has 0 fully saturated rings. The van der Waals surface area contributed by atoms with Crippen LogP contribution in [0.4, 0.5) is 11.4 Å². The maximum absolute atomic E-state index is 2.44. The van der Waals surface area contributed by atoms with Gasteiger partial charge in [0.15, 0.2) is 0 Å². The van der Waals surface area contributed by atoms with E-state index in [-0.39, 0.29) is 0 Å². The first kappa shape index (κ1) is 25.3. The summed E-state index contributed by atoms with van der Waals surface area (Å²) >= 11 is 2.36. The zero-order valence-electron chi connectivity index (χ0n) is 21.2. The number of halogens is 1. The smallest absolute Gasteiger partial charge is 0.0822 e. The van der Waals surface area contributed by atoms with Crippen LogP contribution in [0.15, 0.2) is 90.5 Å². The summed E-state index contributed by atoms with van der Waals surface area (Å²) in [5, 5.41) is 4.15. The van der Waals surface area contributed by atoms with Crippen LogP contribution in [-0.2, 0) is 0 Å². The number of benzene rings is 3. The lowest BCUT2D eigenvalue weighted by Crippen LogP contribution is -2.34. The Morgan fingerprint density at radius 3 is 2.37 bits per heavy atom. The molecule has 1 aromatic heterocycles. The molecular weight excluding hydrogens is 539 g/mol. The fourth-order valence-electron chi connectivity index (χ4n) is 4.90. The van der Waals surface area contributed by atoms with Crippen molar-refractivity contribution in [2.75, 3.05) is 4.90 Å². The number of nitrogens with zero attached hydrogens (tertiary/aromatic N) is 2. The van der Waals surface area contributed by atoms with Gasteiger partial charge in [0.25, 0.3) is 0 Å². The van der Waals surface area contributed by atoms with Crippen LogP contribution in [0.2, 0.25) is 0 Å². The number of aromatic nitrogens is 1. The molecule has 2 aliphatic rings. The standard InChI is InChI=1S/C19H21N.C11H8IN.C2H6/c1-3-4-10-15(2)19-17-13-8-9-14-18(17)20(19)16-11-6-5-7-12-16;12-13-10-6-2-1-4-8(10)9-5-3-7-11(9)13;1-2/h5-14,19H,3-4H2,1-2H3;1-2,4-7H,3H2;1-2H3/b15-10-;;. The molecule has 2 nitrogen and oxygen atoms in total. The van der Waals surface area contributed by atoms with E-state index in [1.54, 1.807) is 0 Å². The largest absolute Gasteiger partial charge is 0.330 e. The van der Waals surface area contributed by atoms with E-state index in [9.17, 15) is 0 Å². The second-order valence-corrected chi connectivity index (χ2v) is 9.61. The highest BCUT2D eigenvalue weighted by Gasteiger charge is 2.35. The Morgan fingerprint density at radius 2 is 1.60 bits per heavy atom. The van der Waals surface area contributed by atoms with Crippen LogP contribution >= 0.6 is 22.9 Å². The predicted molar refractivity (Wildman–Crippen MR) is 162 cm³/mol. The van der Waals surface area contributed by atoms with Gasteiger partial charge in [0, 0.05) is 27.5 Å². The van der Waals surface area contributed by atoms with Crippen molar-refractivity contribution in [3.8, 4) is 0 Å². The van der Waals surface area contributed by atoms with Gasteiger partial charge < -0.3 is 4.90 Å². The highest BCUT2D eigenvalue weighted by molar-refractivity contribution is 14.1. The van der Waals surface area contributed by atoms with Crippen LogP contribution < -0.4 is 15.5 Å². The van der Waals surface area contributed by atoms with Crippen molar-refractivity contribution in [3.63, 3.8) is 0 Å². The number of unbranched alkanes of at least 4 members (excludes halogenated alkanes) is 1. The van der Waals surface area contributed by atoms with E-state index in [0.717, 1.165) is 12.8 Å². The van der Waals surface area contributed by atoms with Crippen molar-refractivity contribution in [1.29, 1.82) is 0 Å². The third kappa shape index (κ3) is 4.97.